The molecule has 2 aromatic heterocycles. The maximum Gasteiger partial charge on any atom is 0.167 e. The molecule has 5 aromatic rings. The molecule has 5 heteroatoms. The third-order valence-electron chi connectivity index (χ3n) is 4.60. The van der Waals surface area contributed by atoms with Gasteiger partial charge >= 0.3 is 0 Å². The molecule has 0 saturated carbocycles. The fraction of sp³-hybridized carbons (Fsp3) is 0. The molecular weight excluding hydrogens is 322 g/mol. The molecule has 2 N–H and O–H groups in total. The molecule has 0 unspecified atom stereocenters. The molecule has 0 spiro atoms. The molecular formula is C21H13N5. The highest BCUT2D eigenvalue weighted by atomic mass is 15.1. The summed E-state index contributed by atoms with van der Waals surface area (Å²) in [5, 5.41) is 11.8. The molecule has 0 bridgehead atoms. The number of aromatic nitrogens is 3. The first-order valence-corrected chi connectivity index (χ1v) is 8.22. The number of nitrogens with zero attached hydrogens (tertiary/aromatic N) is 4. The smallest absolute Gasteiger partial charge is 0.167 e. The Labute approximate surface area is 148 Å². The van der Waals surface area contributed by atoms with Gasteiger partial charge in [-0.25, -0.2) is 9.97 Å². The monoisotopic (exact) mass is 335 g/mol. The number of para-hydroxylation sites is 2. The minimum Gasteiger partial charge on any atom is -0.384 e. The molecule has 0 fully saturated rings. The highest BCUT2D eigenvalue weighted by molar-refractivity contribution is 5.94. The van der Waals surface area contributed by atoms with Crippen LogP contribution < -0.4 is 5.73 Å². The van der Waals surface area contributed by atoms with Crippen LogP contribution in [0.15, 0.2) is 66.7 Å². The minimum absolute atomic E-state index is 0.353. The average Bonchev–Trinajstić information content (AvgIpc) is 2.96. The SMILES string of the molecule is N#Cc1c(N)n(-c2ccc3ccccc3c2)c2nc3ccccc3nc12. The first-order valence-electron chi connectivity index (χ1n) is 8.22. The van der Waals surface area contributed by atoms with Crippen LogP contribution in [0.4, 0.5) is 5.82 Å². The fourth-order valence-electron chi connectivity index (χ4n) is 3.35. The van der Waals surface area contributed by atoms with E-state index >= 15 is 0 Å². The van der Waals surface area contributed by atoms with E-state index in [0.717, 1.165) is 27.5 Å². The van der Waals surface area contributed by atoms with Crippen molar-refractivity contribution in [2.24, 2.45) is 0 Å². The third-order valence-corrected chi connectivity index (χ3v) is 4.60. The second kappa shape index (κ2) is 5.30. The summed E-state index contributed by atoms with van der Waals surface area (Å²) in [5.74, 6) is 0.355. The van der Waals surface area contributed by atoms with Crippen LogP contribution in [0.25, 0.3) is 38.7 Å². The summed E-state index contributed by atoms with van der Waals surface area (Å²) in [7, 11) is 0. The first-order chi connectivity index (χ1) is 12.8. The van der Waals surface area contributed by atoms with Crippen molar-refractivity contribution in [2.45, 2.75) is 0 Å². The van der Waals surface area contributed by atoms with Gasteiger partial charge in [-0.05, 0) is 35.0 Å². The second-order valence-corrected chi connectivity index (χ2v) is 6.12. The van der Waals surface area contributed by atoms with E-state index in [1.165, 1.54) is 0 Å². The number of benzene rings is 3. The number of nitriles is 1. The topological polar surface area (TPSA) is 80.5 Å². The predicted molar refractivity (Wildman–Crippen MR) is 103 cm³/mol. The molecule has 0 radical (unpaired) electrons. The van der Waals surface area contributed by atoms with Crippen LogP contribution in [0, 0.1) is 11.3 Å². The molecule has 0 aliphatic carbocycles. The van der Waals surface area contributed by atoms with Crippen molar-refractivity contribution < 1.29 is 0 Å². The highest BCUT2D eigenvalue weighted by Gasteiger charge is 2.19. The lowest BCUT2D eigenvalue weighted by molar-refractivity contribution is 1.11. The Kier molecular flexibility index (Phi) is 2.94. The van der Waals surface area contributed by atoms with Crippen LogP contribution in [0.1, 0.15) is 5.56 Å². The van der Waals surface area contributed by atoms with Gasteiger partial charge in [-0.2, -0.15) is 5.26 Å². The van der Waals surface area contributed by atoms with Crippen LogP contribution in [-0.4, -0.2) is 14.5 Å². The predicted octanol–water partition coefficient (Wildman–Crippen LogP) is 4.18. The van der Waals surface area contributed by atoms with E-state index in [1.54, 1.807) is 4.57 Å². The van der Waals surface area contributed by atoms with E-state index in [-0.39, 0.29) is 0 Å². The van der Waals surface area contributed by atoms with Crippen molar-refractivity contribution in [3.63, 3.8) is 0 Å². The molecule has 2 heterocycles. The number of hydrogen-bond acceptors (Lipinski definition) is 4. The zero-order valence-corrected chi connectivity index (χ0v) is 13.7. The first kappa shape index (κ1) is 14.4. The Balaban J connectivity index is 1.90. The van der Waals surface area contributed by atoms with E-state index in [4.69, 9.17) is 10.7 Å². The van der Waals surface area contributed by atoms with Crippen LogP contribution >= 0.6 is 0 Å². The summed E-state index contributed by atoms with van der Waals surface area (Å²) in [6.45, 7) is 0. The van der Waals surface area contributed by atoms with Crippen molar-refractivity contribution >= 4 is 38.8 Å². The Morgan fingerprint density at radius 3 is 2.31 bits per heavy atom. The van der Waals surface area contributed by atoms with Gasteiger partial charge in [-0.15, -0.1) is 0 Å². The molecule has 3 aromatic carbocycles. The number of hydrogen-bond donors (Lipinski definition) is 1. The van der Waals surface area contributed by atoms with Gasteiger partial charge in [-0.3, -0.25) is 4.57 Å². The number of rotatable bonds is 1. The van der Waals surface area contributed by atoms with Crippen molar-refractivity contribution in [3.05, 3.63) is 72.3 Å². The lowest BCUT2D eigenvalue weighted by Crippen LogP contribution is -2.01. The van der Waals surface area contributed by atoms with E-state index in [9.17, 15) is 5.26 Å². The van der Waals surface area contributed by atoms with E-state index in [2.05, 4.69) is 17.1 Å². The lowest BCUT2D eigenvalue weighted by Gasteiger charge is -2.09. The van der Waals surface area contributed by atoms with Gasteiger partial charge < -0.3 is 5.73 Å². The molecule has 0 amide bonds. The van der Waals surface area contributed by atoms with Crippen molar-refractivity contribution in [1.29, 1.82) is 5.26 Å². The van der Waals surface area contributed by atoms with Crippen molar-refractivity contribution in [3.8, 4) is 11.8 Å². The Morgan fingerprint density at radius 2 is 1.54 bits per heavy atom. The summed E-state index contributed by atoms with van der Waals surface area (Å²) in [4.78, 5) is 9.36. The van der Waals surface area contributed by atoms with E-state index in [1.807, 2.05) is 60.7 Å². The third kappa shape index (κ3) is 1.96. The van der Waals surface area contributed by atoms with Gasteiger partial charge in [0.1, 0.15) is 23.0 Å². The molecule has 0 aliphatic heterocycles. The normalized spacial score (nSPS) is 11.2. The molecule has 5 nitrogen and oxygen atoms in total. The maximum atomic E-state index is 9.61. The molecule has 5 rings (SSSR count). The number of anilines is 1. The summed E-state index contributed by atoms with van der Waals surface area (Å²) in [6, 6.07) is 24.0. The largest absolute Gasteiger partial charge is 0.384 e. The molecule has 122 valence electrons. The summed E-state index contributed by atoms with van der Waals surface area (Å²) in [5.41, 5.74) is 10.2. The molecule has 0 atom stereocenters. The number of fused-ring (bicyclic) bond motifs is 3. The highest BCUT2D eigenvalue weighted by Crippen LogP contribution is 2.31. The van der Waals surface area contributed by atoms with E-state index < -0.39 is 0 Å². The Hall–Kier alpha value is -3.91. The van der Waals surface area contributed by atoms with Gasteiger partial charge in [0.25, 0.3) is 0 Å². The lowest BCUT2D eigenvalue weighted by atomic mass is 10.1. The molecule has 0 saturated heterocycles. The van der Waals surface area contributed by atoms with Gasteiger partial charge in [0.15, 0.2) is 5.65 Å². The quantitative estimate of drug-likeness (QED) is 0.498. The van der Waals surface area contributed by atoms with Gasteiger partial charge in [0.2, 0.25) is 0 Å². The van der Waals surface area contributed by atoms with Crippen molar-refractivity contribution in [2.75, 3.05) is 5.73 Å². The zero-order valence-electron chi connectivity index (χ0n) is 13.7. The van der Waals surface area contributed by atoms with Crippen LogP contribution in [0.2, 0.25) is 0 Å². The van der Waals surface area contributed by atoms with E-state index in [0.29, 0.717) is 22.5 Å². The fourth-order valence-corrected chi connectivity index (χ4v) is 3.35. The number of nitrogens with two attached hydrogens (primary N) is 1. The van der Waals surface area contributed by atoms with Crippen LogP contribution in [0.3, 0.4) is 0 Å². The molecule has 26 heavy (non-hydrogen) atoms. The Bertz CT molecular complexity index is 1360. The zero-order chi connectivity index (χ0) is 17.7. The minimum atomic E-state index is 0.353. The molecule has 0 aliphatic rings. The number of nitrogen functional groups attached to an aromatic ring is 1. The maximum absolute atomic E-state index is 9.61. The summed E-state index contributed by atoms with van der Waals surface area (Å²) < 4.78 is 1.81. The van der Waals surface area contributed by atoms with Gasteiger partial charge in [0.05, 0.1) is 11.0 Å². The average molecular weight is 335 g/mol. The standard InChI is InChI=1S/C21H13N5/c22-12-16-19-21(25-18-8-4-3-7-17(18)24-19)26(20(16)23)15-10-9-13-5-1-2-6-14(13)11-15/h1-11H,23H2. The van der Waals surface area contributed by atoms with Gasteiger partial charge in [-0.1, -0.05) is 42.5 Å². The van der Waals surface area contributed by atoms with Crippen molar-refractivity contribution in [1.82, 2.24) is 14.5 Å². The van der Waals surface area contributed by atoms with Gasteiger partial charge in [0, 0.05) is 5.69 Å². The van der Waals surface area contributed by atoms with Crippen LogP contribution in [-0.2, 0) is 0 Å². The summed E-state index contributed by atoms with van der Waals surface area (Å²) >= 11 is 0. The Morgan fingerprint density at radius 1 is 0.846 bits per heavy atom. The summed E-state index contributed by atoms with van der Waals surface area (Å²) in [6.07, 6.45) is 0. The second-order valence-electron chi connectivity index (χ2n) is 6.12. The van der Waals surface area contributed by atoms with Crippen LogP contribution in [0.5, 0.6) is 0 Å².